The first-order chi connectivity index (χ1) is 15.3. The minimum atomic E-state index is -1.46. The van der Waals surface area contributed by atoms with Crippen LogP contribution in [0.4, 0.5) is 16.2 Å². The fourth-order valence-electron chi connectivity index (χ4n) is 6.22. The predicted octanol–water partition coefficient (Wildman–Crippen LogP) is 3.15. The van der Waals surface area contributed by atoms with Crippen LogP contribution in [0.2, 0.25) is 0 Å². The largest absolute Gasteiger partial charge is 0.367 e. The van der Waals surface area contributed by atoms with Crippen LogP contribution in [-0.2, 0) is 16.0 Å². The lowest BCUT2D eigenvalue weighted by Crippen LogP contribution is -2.74. The molecule has 4 aliphatic rings. The first-order valence-electron chi connectivity index (χ1n) is 11.6. The smallest absolute Gasteiger partial charge is 0.331 e. The SMILES string of the molecule is CC1CCN2c3ccc([N+](=O)[O-])cc3CC3(C(=O)NC(=O)N(C4CCCCC4)C3=O)C2C1. The third-order valence-corrected chi connectivity index (χ3v) is 7.87. The molecule has 3 atom stereocenters. The number of piperidine rings is 1. The molecule has 170 valence electrons. The molecule has 0 radical (unpaired) electrons. The molecule has 1 aromatic carbocycles. The number of imide groups is 2. The summed E-state index contributed by atoms with van der Waals surface area (Å²) in [6.45, 7) is 2.78. The number of nitro groups is 1. The van der Waals surface area contributed by atoms with E-state index in [2.05, 4.69) is 17.1 Å². The Bertz CT molecular complexity index is 1000. The molecule has 1 aliphatic carbocycles. The van der Waals surface area contributed by atoms with Gasteiger partial charge in [-0.3, -0.25) is 29.9 Å². The number of rotatable bonds is 2. The molecule has 3 unspecified atom stereocenters. The van der Waals surface area contributed by atoms with Crippen molar-refractivity contribution in [2.45, 2.75) is 70.4 Å². The van der Waals surface area contributed by atoms with Crippen LogP contribution in [-0.4, -0.2) is 46.3 Å². The molecule has 9 nitrogen and oxygen atoms in total. The second-order valence-corrected chi connectivity index (χ2v) is 9.78. The number of fused-ring (bicyclic) bond motifs is 4. The molecule has 4 amide bonds. The van der Waals surface area contributed by atoms with Crippen molar-refractivity contribution in [1.29, 1.82) is 0 Å². The summed E-state index contributed by atoms with van der Waals surface area (Å²) in [6, 6.07) is 3.48. The molecule has 3 aliphatic heterocycles. The van der Waals surface area contributed by atoms with E-state index in [0.717, 1.165) is 44.2 Å². The van der Waals surface area contributed by atoms with Gasteiger partial charge in [0.2, 0.25) is 11.8 Å². The van der Waals surface area contributed by atoms with Crippen LogP contribution in [0, 0.1) is 21.4 Å². The first kappa shape index (κ1) is 20.9. The number of urea groups is 1. The fraction of sp³-hybridized carbons (Fsp3) is 0.609. The minimum Gasteiger partial charge on any atom is -0.367 e. The average molecular weight is 441 g/mol. The molecule has 2 saturated heterocycles. The van der Waals surface area contributed by atoms with Crippen molar-refractivity contribution in [2.75, 3.05) is 11.4 Å². The van der Waals surface area contributed by atoms with E-state index in [1.807, 2.05) is 0 Å². The van der Waals surface area contributed by atoms with Crippen LogP contribution >= 0.6 is 0 Å². The van der Waals surface area contributed by atoms with E-state index in [-0.39, 0.29) is 24.2 Å². The van der Waals surface area contributed by atoms with E-state index in [1.165, 1.54) is 17.0 Å². The zero-order chi connectivity index (χ0) is 22.6. The van der Waals surface area contributed by atoms with Gasteiger partial charge in [0.25, 0.3) is 5.69 Å². The molecule has 3 fully saturated rings. The van der Waals surface area contributed by atoms with Gasteiger partial charge in [-0.1, -0.05) is 26.2 Å². The summed E-state index contributed by atoms with van der Waals surface area (Å²) in [5.74, 6) is -0.672. The molecule has 1 N–H and O–H groups in total. The highest BCUT2D eigenvalue weighted by atomic mass is 16.6. The summed E-state index contributed by atoms with van der Waals surface area (Å²) >= 11 is 0. The monoisotopic (exact) mass is 440 g/mol. The van der Waals surface area contributed by atoms with Gasteiger partial charge in [0.05, 0.1) is 11.0 Å². The van der Waals surface area contributed by atoms with Crippen molar-refractivity contribution < 1.29 is 19.3 Å². The molecule has 1 aromatic rings. The Kier molecular flexibility index (Phi) is 4.94. The van der Waals surface area contributed by atoms with Gasteiger partial charge in [0.15, 0.2) is 5.41 Å². The molecule has 32 heavy (non-hydrogen) atoms. The van der Waals surface area contributed by atoms with Gasteiger partial charge in [-0.2, -0.15) is 0 Å². The Morgan fingerprint density at radius 3 is 2.59 bits per heavy atom. The Morgan fingerprint density at radius 1 is 1.12 bits per heavy atom. The molecule has 1 saturated carbocycles. The number of carbonyl (C=O) groups excluding carboxylic acids is 3. The number of barbiturate groups is 1. The molecular formula is C23H28N4O5. The molecular weight excluding hydrogens is 412 g/mol. The number of non-ortho nitro benzene ring substituents is 1. The fourth-order valence-corrected chi connectivity index (χ4v) is 6.22. The number of hydrogen-bond acceptors (Lipinski definition) is 6. The quantitative estimate of drug-likeness (QED) is 0.429. The van der Waals surface area contributed by atoms with Gasteiger partial charge < -0.3 is 4.90 Å². The highest BCUT2D eigenvalue weighted by molar-refractivity contribution is 6.20. The van der Waals surface area contributed by atoms with Gasteiger partial charge in [0.1, 0.15) is 0 Å². The lowest BCUT2D eigenvalue weighted by atomic mass is 9.64. The predicted molar refractivity (Wildman–Crippen MR) is 116 cm³/mol. The van der Waals surface area contributed by atoms with E-state index in [4.69, 9.17) is 0 Å². The number of nitrogens with zero attached hydrogens (tertiary/aromatic N) is 3. The van der Waals surface area contributed by atoms with Crippen LogP contribution in [0.3, 0.4) is 0 Å². The summed E-state index contributed by atoms with van der Waals surface area (Å²) in [7, 11) is 0. The summed E-state index contributed by atoms with van der Waals surface area (Å²) in [6.07, 6.45) is 6.10. The summed E-state index contributed by atoms with van der Waals surface area (Å²) < 4.78 is 0. The van der Waals surface area contributed by atoms with E-state index in [9.17, 15) is 24.5 Å². The van der Waals surface area contributed by atoms with Crippen LogP contribution < -0.4 is 10.2 Å². The third kappa shape index (κ3) is 3.01. The van der Waals surface area contributed by atoms with Gasteiger partial charge in [-0.25, -0.2) is 4.79 Å². The standard InChI is InChI=1S/C23H28N4O5/c1-14-9-10-25-18-8-7-17(27(31)32)12-15(18)13-23(19(25)11-14)20(28)24-22(30)26(21(23)29)16-5-3-2-4-6-16/h7-8,12,14,16,19H,2-6,9-11,13H2,1H3,(H,24,28,30). The van der Waals surface area contributed by atoms with Gasteiger partial charge in [-0.05, 0) is 43.2 Å². The lowest BCUT2D eigenvalue weighted by Gasteiger charge is -2.55. The van der Waals surface area contributed by atoms with Gasteiger partial charge in [0, 0.05) is 36.8 Å². The van der Waals surface area contributed by atoms with Crippen LogP contribution in [0.5, 0.6) is 0 Å². The second-order valence-electron chi connectivity index (χ2n) is 9.78. The van der Waals surface area contributed by atoms with Crippen molar-refractivity contribution in [3.8, 4) is 0 Å². The first-order valence-corrected chi connectivity index (χ1v) is 11.6. The normalized spacial score (nSPS) is 30.7. The van der Waals surface area contributed by atoms with Crippen molar-refractivity contribution in [2.24, 2.45) is 11.3 Å². The van der Waals surface area contributed by atoms with Crippen molar-refractivity contribution in [1.82, 2.24) is 10.2 Å². The average Bonchev–Trinajstić information content (AvgIpc) is 2.77. The summed E-state index contributed by atoms with van der Waals surface area (Å²) in [4.78, 5) is 54.7. The van der Waals surface area contributed by atoms with Gasteiger partial charge >= 0.3 is 6.03 Å². The Labute approximate surface area is 186 Å². The van der Waals surface area contributed by atoms with E-state index >= 15 is 0 Å². The maximum Gasteiger partial charge on any atom is 0.331 e. The number of nitro benzene ring substituents is 1. The summed E-state index contributed by atoms with van der Waals surface area (Å²) in [5.41, 5.74) is -0.0553. The van der Waals surface area contributed by atoms with Crippen LogP contribution in [0.25, 0.3) is 0 Å². The molecule has 5 rings (SSSR count). The third-order valence-electron chi connectivity index (χ3n) is 7.87. The lowest BCUT2D eigenvalue weighted by molar-refractivity contribution is -0.384. The highest BCUT2D eigenvalue weighted by Gasteiger charge is 2.63. The zero-order valence-corrected chi connectivity index (χ0v) is 18.2. The number of amides is 4. The molecule has 0 bridgehead atoms. The zero-order valence-electron chi connectivity index (χ0n) is 18.2. The van der Waals surface area contributed by atoms with Gasteiger partial charge in [-0.15, -0.1) is 0 Å². The maximum absolute atomic E-state index is 14.1. The minimum absolute atomic E-state index is 0.0633. The number of anilines is 1. The molecule has 9 heteroatoms. The Morgan fingerprint density at radius 2 is 1.88 bits per heavy atom. The van der Waals surface area contributed by atoms with Crippen molar-refractivity contribution in [3.05, 3.63) is 33.9 Å². The Balaban J connectivity index is 1.63. The highest BCUT2D eigenvalue weighted by Crippen LogP contribution is 2.49. The number of nitrogens with one attached hydrogen (secondary N) is 1. The molecule has 0 aromatic heterocycles. The molecule has 3 heterocycles. The van der Waals surface area contributed by atoms with E-state index < -0.39 is 28.2 Å². The van der Waals surface area contributed by atoms with E-state index in [0.29, 0.717) is 24.4 Å². The van der Waals surface area contributed by atoms with E-state index in [1.54, 1.807) is 6.07 Å². The number of hydrogen-bond donors (Lipinski definition) is 1. The second kappa shape index (κ2) is 7.56. The maximum atomic E-state index is 14.1. The van der Waals surface area contributed by atoms with Crippen molar-refractivity contribution >= 4 is 29.2 Å². The molecule has 1 spiro atoms. The summed E-state index contributed by atoms with van der Waals surface area (Å²) in [5, 5.41) is 13.9. The van der Waals surface area contributed by atoms with Crippen molar-refractivity contribution in [3.63, 3.8) is 0 Å². The number of benzene rings is 1. The Hall–Kier alpha value is -2.97. The van der Waals surface area contributed by atoms with Crippen LogP contribution in [0.15, 0.2) is 18.2 Å². The number of carbonyl (C=O) groups is 3. The van der Waals surface area contributed by atoms with Crippen LogP contribution in [0.1, 0.15) is 57.4 Å². The topological polar surface area (TPSA) is 113 Å².